The standard InChI is InChI=1S/C21H22N4O2/c1-27-19-10-6-5-9-18(19)23-21-22-17-11-12-25(14-16(17)20(26)24-21)13-15-7-3-2-4-8-15/h2-10H,11-14H2,1H3,(H2,22,23,24,26). The van der Waals surface area contributed by atoms with E-state index in [1.165, 1.54) is 5.56 Å². The summed E-state index contributed by atoms with van der Waals surface area (Å²) >= 11 is 0. The van der Waals surface area contributed by atoms with Gasteiger partial charge in [0.2, 0.25) is 5.95 Å². The van der Waals surface area contributed by atoms with Crippen molar-refractivity contribution in [2.45, 2.75) is 19.5 Å². The highest BCUT2D eigenvalue weighted by molar-refractivity contribution is 5.62. The summed E-state index contributed by atoms with van der Waals surface area (Å²) in [7, 11) is 1.62. The lowest BCUT2D eigenvalue weighted by atomic mass is 10.1. The zero-order valence-electron chi connectivity index (χ0n) is 15.2. The fraction of sp³-hybridized carbons (Fsp3) is 0.238. The van der Waals surface area contributed by atoms with Gasteiger partial charge in [-0.1, -0.05) is 42.5 Å². The Kier molecular flexibility index (Phi) is 4.89. The molecule has 6 heteroatoms. The molecule has 0 bridgehead atoms. The fourth-order valence-electron chi connectivity index (χ4n) is 3.39. The number of nitrogens with zero attached hydrogens (tertiary/aromatic N) is 2. The van der Waals surface area contributed by atoms with Gasteiger partial charge in [-0.3, -0.25) is 14.7 Å². The van der Waals surface area contributed by atoms with Gasteiger partial charge in [-0.25, -0.2) is 4.98 Å². The molecule has 0 unspecified atom stereocenters. The first kappa shape index (κ1) is 17.3. The summed E-state index contributed by atoms with van der Waals surface area (Å²) < 4.78 is 5.34. The second kappa shape index (κ2) is 7.63. The summed E-state index contributed by atoms with van der Waals surface area (Å²) in [4.78, 5) is 22.4. The molecule has 27 heavy (non-hydrogen) atoms. The first-order valence-electron chi connectivity index (χ1n) is 9.01. The van der Waals surface area contributed by atoms with Crippen LogP contribution in [0.1, 0.15) is 16.8 Å². The first-order valence-corrected chi connectivity index (χ1v) is 9.01. The summed E-state index contributed by atoms with van der Waals surface area (Å²) in [6, 6.07) is 17.9. The normalized spacial score (nSPS) is 13.8. The van der Waals surface area contributed by atoms with Crippen molar-refractivity contribution in [3.63, 3.8) is 0 Å². The Morgan fingerprint density at radius 1 is 1.15 bits per heavy atom. The van der Waals surface area contributed by atoms with Gasteiger partial charge in [-0.15, -0.1) is 0 Å². The third-order valence-electron chi connectivity index (χ3n) is 4.76. The van der Waals surface area contributed by atoms with Gasteiger partial charge in [-0.2, -0.15) is 0 Å². The van der Waals surface area contributed by atoms with Gasteiger partial charge in [0.1, 0.15) is 5.75 Å². The van der Waals surface area contributed by atoms with E-state index in [4.69, 9.17) is 4.74 Å². The van der Waals surface area contributed by atoms with E-state index in [2.05, 4.69) is 32.3 Å². The minimum absolute atomic E-state index is 0.0878. The predicted molar refractivity (Wildman–Crippen MR) is 105 cm³/mol. The molecular formula is C21H22N4O2. The summed E-state index contributed by atoms with van der Waals surface area (Å²) in [5.41, 5.74) is 3.54. The van der Waals surface area contributed by atoms with Crippen molar-refractivity contribution in [1.29, 1.82) is 0 Å². The van der Waals surface area contributed by atoms with E-state index in [0.29, 0.717) is 18.2 Å². The van der Waals surface area contributed by atoms with Crippen LogP contribution in [0.2, 0.25) is 0 Å². The lowest BCUT2D eigenvalue weighted by molar-refractivity contribution is 0.242. The minimum Gasteiger partial charge on any atom is -0.495 e. The molecule has 4 rings (SSSR count). The smallest absolute Gasteiger partial charge is 0.257 e. The molecule has 0 amide bonds. The zero-order chi connectivity index (χ0) is 18.6. The number of fused-ring (bicyclic) bond motifs is 1. The molecule has 0 fully saturated rings. The maximum absolute atomic E-state index is 12.6. The molecule has 3 aromatic rings. The maximum Gasteiger partial charge on any atom is 0.257 e. The number of rotatable bonds is 5. The van der Waals surface area contributed by atoms with Crippen LogP contribution in [0.4, 0.5) is 11.6 Å². The molecule has 0 saturated carbocycles. The molecule has 0 saturated heterocycles. The predicted octanol–water partition coefficient (Wildman–Crippen LogP) is 3.08. The van der Waals surface area contributed by atoms with Gasteiger partial charge in [0.05, 0.1) is 24.1 Å². The fourth-order valence-corrected chi connectivity index (χ4v) is 3.39. The van der Waals surface area contributed by atoms with E-state index in [9.17, 15) is 4.79 Å². The molecule has 0 aliphatic carbocycles. The van der Waals surface area contributed by atoms with E-state index in [0.717, 1.165) is 36.5 Å². The highest BCUT2D eigenvalue weighted by Crippen LogP contribution is 2.26. The number of para-hydroxylation sites is 2. The number of nitrogens with one attached hydrogen (secondary N) is 2. The van der Waals surface area contributed by atoms with Gasteiger partial charge < -0.3 is 10.1 Å². The molecule has 1 aliphatic rings. The molecule has 0 radical (unpaired) electrons. The van der Waals surface area contributed by atoms with Crippen LogP contribution in [-0.4, -0.2) is 28.5 Å². The van der Waals surface area contributed by atoms with Gasteiger partial charge in [0, 0.05) is 26.1 Å². The lowest BCUT2D eigenvalue weighted by Gasteiger charge is -2.27. The number of H-pyrrole nitrogens is 1. The van der Waals surface area contributed by atoms with Crippen molar-refractivity contribution in [1.82, 2.24) is 14.9 Å². The minimum atomic E-state index is -0.0878. The number of hydrogen-bond acceptors (Lipinski definition) is 5. The van der Waals surface area contributed by atoms with Crippen LogP contribution in [-0.2, 0) is 19.5 Å². The molecule has 0 atom stereocenters. The number of anilines is 2. The Hall–Kier alpha value is -3.12. The summed E-state index contributed by atoms with van der Waals surface area (Å²) in [6.45, 7) is 2.33. The van der Waals surface area contributed by atoms with E-state index in [1.807, 2.05) is 42.5 Å². The van der Waals surface area contributed by atoms with E-state index < -0.39 is 0 Å². The van der Waals surface area contributed by atoms with Crippen molar-refractivity contribution in [3.05, 3.63) is 81.8 Å². The molecule has 2 aromatic carbocycles. The molecule has 0 spiro atoms. The van der Waals surface area contributed by atoms with Crippen LogP contribution < -0.4 is 15.6 Å². The van der Waals surface area contributed by atoms with Crippen LogP contribution >= 0.6 is 0 Å². The van der Waals surface area contributed by atoms with Crippen molar-refractivity contribution in [3.8, 4) is 5.75 Å². The maximum atomic E-state index is 12.6. The largest absolute Gasteiger partial charge is 0.495 e. The van der Waals surface area contributed by atoms with Gasteiger partial charge in [0.25, 0.3) is 5.56 Å². The second-order valence-corrected chi connectivity index (χ2v) is 6.61. The van der Waals surface area contributed by atoms with Crippen molar-refractivity contribution < 1.29 is 4.74 Å². The number of hydrogen-bond donors (Lipinski definition) is 2. The summed E-state index contributed by atoms with van der Waals surface area (Å²) in [5, 5.41) is 3.16. The average Bonchev–Trinajstić information content (AvgIpc) is 2.70. The Morgan fingerprint density at radius 2 is 1.93 bits per heavy atom. The van der Waals surface area contributed by atoms with Crippen molar-refractivity contribution in [2.75, 3.05) is 19.0 Å². The van der Waals surface area contributed by atoms with Crippen molar-refractivity contribution in [2.24, 2.45) is 0 Å². The van der Waals surface area contributed by atoms with Gasteiger partial charge in [0.15, 0.2) is 0 Å². The third kappa shape index (κ3) is 3.85. The molecule has 6 nitrogen and oxygen atoms in total. The third-order valence-corrected chi connectivity index (χ3v) is 4.76. The average molecular weight is 362 g/mol. The van der Waals surface area contributed by atoms with Gasteiger partial charge >= 0.3 is 0 Å². The zero-order valence-corrected chi connectivity index (χ0v) is 15.2. The molecule has 138 valence electrons. The topological polar surface area (TPSA) is 70.2 Å². The highest BCUT2D eigenvalue weighted by Gasteiger charge is 2.21. The summed E-state index contributed by atoms with van der Waals surface area (Å²) in [6.07, 6.45) is 0.757. The van der Waals surface area contributed by atoms with Gasteiger partial charge in [-0.05, 0) is 17.7 Å². The van der Waals surface area contributed by atoms with E-state index in [1.54, 1.807) is 7.11 Å². The quantitative estimate of drug-likeness (QED) is 0.730. The number of ether oxygens (including phenoxy) is 1. The Morgan fingerprint density at radius 3 is 2.74 bits per heavy atom. The molecular weight excluding hydrogens is 340 g/mol. The molecule has 1 aromatic heterocycles. The number of aromatic amines is 1. The van der Waals surface area contributed by atoms with Crippen LogP contribution in [0.5, 0.6) is 5.75 Å². The highest BCUT2D eigenvalue weighted by atomic mass is 16.5. The molecule has 2 heterocycles. The Labute approximate surface area is 157 Å². The number of methoxy groups -OCH3 is 1. The van der Waals surface area contributed by atoms with Crippen LogP contribution in [0.3, 0.4) is 0 Å². The first-order chi connectivity index (χ1) is 13.2. The Bertz CT molecular complexity index is 985. The van der Waals surface area contributed by atoms with Crippen molar-refractivity contribution >= 4 is 11.6 Å². The number of benzene rings is 2. The lowest BCUT2D eigenvalue weighted by Crippen LogP contribution is -2.35. The van der Waals surface area contributed by atoms with Crippen LogP contribution in [0.15, 0.2) is 59.4 Å². The van der Waals surface area contributed by atoms with Crippen LogP contribution in [0.25, 0.3) is 0 Å². The number of aromatic nitrogens is 2. The summed E-state index contributed by atoms with van der Waals surface area (Å²) in [5.74, 6) is 1.15. The second-order valence-electron chi connectivity index (χ2n) is 6.61. The Balaban J connectivity index is 1.54. The monoisotopic (exact) mass is 362 g/mol. The SMILES string of the molecule is COc1ccccc1Nc1nc2c(c(=O)[nH]1)CN(Cc1ccccc1)CC2. The van der Waals surface area contributed by atoms with E-state index in [-0.39, 0.29) is 5.56 Å². The van der Waals surface area contributed by atoms with Crippen LogP contribution in [0, 0.1) is 0 Å². The van der Waals surface area contributed by atoms with E-state index >= 15 is 0 Å². The molecule has 1 aliphatic heterocycles. The molecule has 2 N–H and O–H groups in total.